The van der Waals surface area contributed by atoms with Gasteiger partial charge in [0.25, 0.3) is 0 Å². The Labute approximate surface area is 167 Å². The average Bonchev–Trinajstić information content (AvgIpc) is 2.72. The van der Waals surface area contributed by atoms with Crippen molar-refractivity contribution in [2.45, 2.75) is 97.3 Å². The second-order valence-corrected chi connectivity index (χ2v) is 9.80. The molecule has 1 aromatic rings. The van der Waals surface area contributed by atoms with Crippen molar-refractivity contribution in [2.75, 3.05) is 0 Å². The molecule has 0 aromatic heterocycles. The normalized spacial score (nSPS) is 31.4. The highest BCUT2D eigenvalue weighted by atomic mass is 19.1. The zero-order valence-electron chi connectivity index (χ0n) is 17.9. The van der Waals surface area contributed by atoms with E-state index >= 15 is 0 Å². The van der Waals surface area contributed by atoms with Crippen LogP contribution in [0.5, 0.6) is 0 Å². The lowest BCUT2D eigenvalue weighted by Gasteiger charge is -2.40. The van der Waals surface area contributed by atoms with Crippen LogP contribution in [0.3, 0.4) is 0 Å². The van der Waals surface area contributed by atoms with E-state index in [9.17, 15) is 4.39 Å². The third kappa shape index (κ3) is 5.58. The summed E-state index contributed by atoms with van der Waals surface area (Å²) in [6.45, 7) is 7.23. The summed E-state index contributed by atoms with van der Waals surface area (Å²) in [5, 5.41) is 0. The molecule has 3 rings (SSSR count). The summed E-state index contributed by atoms with van der Waals surface area (Å²) in [6.07, 6.45) is 15.8. The molecule has 1 heteroatoms. The van der Waals surface area contributed by atoms with Crippen molar-refractivity contribution in [3.63, 3.8) is 0 Å². The molecule has 152 valence electrons. The minimum absolute atomic E-state index is 0.118. The molecule has 0 radical (unpaired) electrons. The molecule has 0 bridgehead atoms. The van der Waals surface area contributed by atoms with Gasteiger partial charge in [-0.25, -0.2) is 4.39 Å². The molecule has 0 spiro atoms. The maximum atomic E-state index is 13.2. The van der Waals surface area contributed by atoms with Crippen molar-refractivity contribution in [1.82, 2.24) is 0 Å². The Balaban J connectivity index is 1.44. The first-order valence-electron chi connectivity index (χ1n) is 11.8. The summed E-state index contributed by atoms with van der Waals surface area (Å²) in [6, 6.07) is 7.23. The fourth-order valence-corrected chi connectivity index (χ4v) is 6.09. The standard InChI is InChI=1S/C26H41F/c1-4-5-6-21-7-9-22(10-8-21)19(2)23-11-13-24(14-12-23)20(3)25-15-17-26(27)18-16-25/h15-24H,4-14H2,1-3H3. The first-order chi connectivity index (χ1) is 13.1. The number of hydrogen-bond donors (Lipinski definition) is 0. The van der Waals surface area contributed by atoms with E-state index in [2.05, 4.69) is 20.8 Å². The fourth-order valence-electron chi connectivity index (χ4n) is 6.09. The van der Waals surface area contributed by atoms with E-state index in [1.807, 2.05) is 12.1 Å². The second kappa shape index (κ2) is 10.1. The Kier molecular flexibility index (Phi) is 7.79. The molecular weight excluding hydrogens is 331 g/mol. The highest BCUT2D eigenvalue weighted by Crippen LogP contribution is 2.45. The molecule has 2 atom stereocenters. The number of hydrogen-bond acceptors (Lipinski definition) is 0. The fraction of sp³-hybridized carbons (Fsp3) is 0.769. The summed E-state index contributed by atoms with van der Waals surface area (Å²) < 4.78 is 13.2. The van der Waals surface area contributed by atoms with E-state index in [0.717, 1.165) is 29.6 Å². The lowest BCUT2D eigenvalue weighted by Crippen LogP contribution is -2.29. The van der Waals surface area contributed by atoms with Gasteiger partial charge in [-0.3, -0.25) is 0 Å². The minimum Gasteiger partial charge on any atom is -0.207 e. The smallest absolute Gasteiger partial charge is 0.123 e. The van der Waals surface area contributed by atoms with Crippen LogP contribution >= 0.6 is 0 Å². The van der Waals surface area contributed by atoms with Gasteiger partial charge in [0, 0.05) is 0 Å². The van der Waals surface area contributed by atoms with Gasteiger partial charge in [-0.2, -0.15) is 0 Å². The van der Waals surface area contributed by atoms with E-state index < -0.39 is 0 Å². The van der Waals surface area contributed by atoms with Crippen molar-refractivity contribution in [3.05, 3.63) is 35.6 Å². The molecule has 2 saturated carbocycles. The topological polar surface area (TPSA) is 0 Å². The highest BCUT2D eigenvalue weighted by Gasteiger charge is 2.33. The second-order valence-electron chi connectivity index (χ2n) is 9.80. The lowest BCUT2D eigenvalue weighted by atomic mass is 9.65. The van der Waals surface area contributed by atoms with E-state index in [-0.39, 0.29) is 5.82 Å². The lowest BCUT2D eigenvalue weighted by molar-refractivity contribution is 0.118. The van der Waals surface area contributed by atoms with Gasteiger partial charge >= 0.3 is 0 Å². The van der Waals surface area contributed by atoms with Gasteiger partial charge in [0.1, 0.15) is 5.82 Å². The highest BCUT2D eigenvalue weighted by molar-refractivity contribution is 5.20. The van der Waals surface area contributed by atoms with Crippen LogP contribution < -0.4 is 0 Å². The van der Waals surface area contributed by atoms with Crippen LogP contribution in [0, 0.1) is 35.4 Å². The summed E-state index contributed by atoms with van der Waals surface area (Å²) in [7, 11) is 0. The molecular formula is C26H41F. The first-order valence-corrected chi connectivity index (χ1v) is 11.8. The van der Waals surface area contributed by atoms with Gasteiger partial charge in [-0.1, -0.05) is 65.0 Å². The SMILES string of the molecule is CCCCC1CCC(C(C)C2CCC(C(C)c3ccc(F)cc3)CC2)CC1. The third-order valence-corrected chi connectivity index (χ3v) is 8.26. The zero-order valence-corrected chi connectivity index (χ0v) is 17.9. The van der Waals surface area contributed by atoms with Crippen LogP contribution in [0.15, 0.2) is 24.3 Å². The molecule has 27 heavy (non-hydrogen) atoms. The van der Waals surface area contributed by atoms with E-state index in [1.54, 1.807) is 12.1 Å². The van der Waals surface area contributed by atoms with Crippen LogP contribution in [0.25, 0.3) is 0 Å². The summed E-state index contributed by atoms with van der Waals surface area (Å²) >= 11 is 0. The summed E-state index contributed by atoms with van der Waals surface area (Å²) in [5.41, 5.74) is 1.32. The Morgan fingerprint density at radius 3 is 1.89 bits per heavy atom. The van der Waals surface area contributed by atoms with Crippen molar-refractivity contribution < 1.29 is 4.39 Å². The van der Waals surface area contributed by atoms with E-state index in [0.29, 0.717) is 5.92 Å². The van der Waals surface area contributed by atoms with E-state index in [1.165, 1.54) is 76.2 Å². The van der Waals surface area contributed by atoms with Crippen molar-refractivity contribution in [1.29, 1.82) is 0 Å². The van der Waals surface area contributed by atoms with Gasteiger partial charge in [-0.05, 0) is 91.7 Å². The number of benzene rings is 1. The van der Waals surface area contributed by atoms with Crippen LogP contribution in [0.2, 0.25) is 0 Å². The predicted molar refractivity (Wildman–Crippen MR) is 114 cm³/mol. The van der Waals surface area contributed by atoms with Gasteiger partial charge in [0.05, 0.1) is 0 Å². The Morgan fingerprint density at radius 2 is 1.33 bits per heavy atom. The third-order valence-electron chi connectivity index (χ3n) is 8.26. The number of unbranched alkanes of at least 4 members (excludes halogenated alkanes) is 1. The van der Waals surface area contributed by atoms with Crippen LogP contribution in [0.4, 0.5) is 4.39 Å². The molecule has 0 N–H and O–H groups in total. The summed E-state index contributed by atoms with van der Waals surface area (Å²) in [5.74, 6) is 5.10. The van der Waals surface area contributed by atoms with Crippen molar-refractivity contribution in [2.24, 2.45) is 29.6 Å². The molecule has 0 saturated heterocycles. The molecule has 0 aliphatic heterocycles. The van der Waals surface area contributed by atoms with Gasteiger partial charge < -0.3 is 0 Å². The van der Waals surface area contributed by atoms with Gasteiger partial charge in [0.15, 0.2) is 0 Å². The van der Waals surface area contributed by atoms with Crippen molar-refractivity contribution in [3.8, 4) is 0 Å². The summed E-state index contributed by atoms with van der Waals surface area (Å²) in [4.78, 5) is 0. The van der Waals surface area contributed by atoms with E-state index in [4.69, 9.17) is 0 Å². The number of rotatable bonds is 7. The quantitative estimate of drug-likeness (QED) is 0.451. The Hall–Kier alpha value is -0.850. The van der Waals surface area contributed by atoms with Crippen LogP contribution in [-0.4, -0.2) is 0 Å². The maximum Gasteiger partial charge on any atom is 0.123 e. The molecule has 2 aliphatic rings. The molecule has 2 unspecified atom stereocenters. The van der Waals surface area contributed by atoms with Gasteiger partial charge in [0.2, 0.25) is 0 Å². The minimum atomic E-state index is -0.118. The number of halogens is 1. The first kappa shape index (κ1) is 20.9. The van der Waals surface area contributed by atoms with Crippen molar-refractivity contribution >= 4 is 0 Å². The monoisotopic (exact) mass is 372 g/mol. The Bertz CT molecular complexity index is 532. The molecule has 0 amide bonds. The van der Waals surface area contributed by atoms with Crippen LogP contribution in [0.1, 0.15) is 103 Å². The maximum absolute atomic E-state index is 13.2. The Morgan fingerprint density at radius 1 is 0.815 bits per heavy atom. The predicted octanol–water partition coefficient (Wildman–Crippen LogP) is 8.37. The largest absolute Gasteiger partial charge is 0.207 e. The van der Waals surface area contributed by atoms with Gasteiger partial charge in [-0.15, -0.1) is 0 Å². The van der Waals surface area contributed by atoms with Crippen LogP contribution in [-0.2, 0) is 0 Å². The molecule has 2 aliphatic carbocycles. The molecule has 0 heterocycles. The molecule has 0 nitrogen and oxygen atoms in total. The molecule has 2 fully saturated rings. The molecule has 1 aromatic carbocycles. The zero-order chi connectivity index (χ0) is 19.2. The average molecular weight is 373 g/mol.